The summed E-state index contributed by atoms with van der Waals surface area (Å²) in [5, 5.41) is 0. The van der Waals surface area contributed by atoms with Gasteiger partial charge in [-0.3, -0.25) is 0 Å². The summed E-state index contributed by atoms with van der Waals surface area (Å²) in [5.74, 6) is 2.29. The van der Waals surface area contributed by atoms with Gasteiger partial charge in [0.2, 0.25) is 0 Å². The third-order valence-corrected chi connectivity index (χ3v) is 5.09. The SMILES string of the molecule is CCCCCC(C)(C)c1nc(C(C)CC)[nH]c1C(C)CCC. The second-order valence-electron chi connectivity index (χ2n) is 7.72. The van der Waals surface area contributed by atoms with Crippen molar-refractivity contribution < 1.29 is 0 Å². The molecule has 0 aromatic carbocycles. The molecule has 0 amide bonds. The van der Waals surface area contributed by atoms with Crippen molar-refractivity contribution in [3.05, 3.63) is 17.2 Å². The molecule has 128 valence electrons. The number of aromatic nitrogens is 2. The molecule has 1 aromatic heterocycles. The molecule has 0 bridgehead atoms. The molecule has 2 heteroatoms. The molecule has 22 heavy (non-hydrogen) atoms. The topological polar surface area (TPSA) is 28.7 Å². The van der Waals surface area contributed by atoms with Gasteiger partial charge in [-0.25, -0.2) is 4.98 Å². The average Bonchev–Trinajstić information content (AvgIpc) is 2.93. The maximum atomic E-state index is 5.08. The third-order valence-electron chi connectivity index (χ3n) is 5.09. The number of H-pyrrole nitrogens is 1. The third kappa shape index (κ3) is 4.86. The normalized spacial score (nSPS) is 15.0. The van der Waals surface area contributed by atoms with Crippen molar-refractivity contribution in [3.8, 4) is 0 Å². The quantitative estimate of drug-likeness (QED) is 0.479. The standard InChI is InChI=1S/C20H38N2/c1-8-11-12-14-20(6,7)18-17(16(5)13-9-2)21-19(22-18)15(4)10-3/h15-16H,8-14H2,1-7H3,(H,21,22). The fraction of sp³-hybridized carbons (Fsp3) is 0.850. The molecule has 0 spiro atoms. The van der Waals surface area contributed by atoms with Crippen LogP contribution >= 0.6 is 0 Å². The summed E-state index contributed by atoms with van der Waals surface area (Å²) in [4.78, 5) is 8.78. The van der Waals surface area contributed by atoms with Gasteiger partial charge in [0, 0.05) is 17.0 Å². The van der Waals surface area contributed by atoms with Gasteiger partial charge in [-0.05, 0) is 25.2 Å². The average molecular weight is 307 g/mol. The molecule has 0 aliphatic rings. The van der Waals surface area contributed by atoms with Gasteiger partial charge in [0.1, 0.15) is 5.82 Å². The van der Waals surface area contributed by atoms with E-state index in [9.17, 15) is 0 Å². The van der Waals surface area contributed by atoms with Gasteiger partial charge >= 0.3 is 0 Å². The van der Waals surface area contributed by atoms with Crippen molar-refractivity contribution in [1.29, 1.82) is 0 Å². The highest BCUT2D eigenvalue weighted by molar-refractivity contribution is 5.27. The fourth-order valence-electron chi connectivity index (χ4n) is 3.22. The molecular weight excluding hydrogens is 268 g/mol. The van der Waals surface area contributed by atoms with E-state index in [1.807, 2.05) is 0 Å². The van der Waals surface area contributed by atoms with E-state index in [-0.39, 0.29) is 5.41 Å². The highest BCUT2D eigenvalue weighted by Gasteiger charge is 2.29. The van der Waals surface area contributed by atoms with Gasteiger partial charge < -0.3 is 4.98 Å². The lowest BCUT2D eigenvalue weighted by Crippen LogP contribution is -2.20. The van der Waals surface area contributed by atoms with Crippen LogP contribution in [0.1, 0.15) is 122 Å². The first-order valence-electron chi connectivity index (χ1n) is 9.47. The summed E-state index contributed by atoms with van der Waals surface area (Å²) < 4.78 is 0. The molecule has 0 radical (unpaired) electrons. The molecule has 0 saturated heterocycles. The zero-order valence-corrected chi connectivity index (χ0v) is 16.1. The highest BCUT2D eigenvalue weighted by Crippen LogP contribution is 2.36. The first-order chi connectivity index (χ1) is 10.4. The minimum atomic E-state index is 0.175. The Kier molecular flexibility index (Phi) is 7.65. The Bertz CT molecular complexity index is 431. The van der Waals surface area contributed by atoms with Crippen molar-refractivity contribution in [2.24, 2.45) is 0 Å². The zero-order valence-electron chi connectivity index (χ0n) is 16.1. The molecule has 2 unspecified atom stereocenters. The summed E-state index contributed by atoms with van der Waals surface area (Å²) in [5.41, 5.74) is 2.91. The molecule has 0 aliphatic carbocycles. The first kappa shape index (κ1) is 19.3. The maximum absolute atomic E-state index is 5.08. The van der Waals surface area contributed by atoms with Gasteiger partial charge in [0.15, 0.2) is 0 Å². The number of rotatable bonds is 10. The van der Waals surface area contributed by atoms with Crippen molar-refractivity contribution in [2.75, 3.05) is 0 Å². The van der Waals surface area contributed by atoms with Crippen LogP contribution in [0.4, 0.5) is 0 Å². The van der Waals surface area contributed by atoms with E-state index in [2.05, 4.69) is 53.5 Å². The van der Waals surface area contributed by atoms with E-state index in [0.717, 1.165) is 6.42 Å². The predicted molar refractivity (Wildman–Crippen MR) is 97.8 cm³/mol. The van der Waals surface area contributed by atoms with E-state index >= 15 is 0 Å². The predicted octanol–water partition coefficient (Wildman–Crippen LogP) is 6.68. The lowest BCUT2D eigenvalue weighted by molar-refractivity contribution is 0.431. The van der Waals surface area contributed by atoms with Gasteiger partial charge in [-0.2, -0.15) is 0 Å². The Morgan fingerprint density at radius 2 is 1.68 bits per heavy atom. The van der Waals surface area contributed by atoms with E-state index in [4.69, 9.17) is 4.98 Å². The second kappa shape index (κ2) is 8.74. The summed E-state index contributed by atoms with van der Waals surface area (Å²) in [6.07, 6.45) is 8.76. The van der Waals surface area contributed by atoms with E-state index in [0.29, 0.717) is 11.8 Å². The molecule has 1 heterocycles. The number of aromatic amines is 1. The largest absolute Gasteiger partial charge is 0.345 e. The highest BCUT2D eigenvalue weighted by atomic mass is 15.0. The zero-order chi connectivity index (χ0) is 16.8. The number of imidazole rings is 1. The fourth-order valence-corrected chi connectivity index (χ4v) is 3.22. The first-order valence-corrected chi connectivity index (χ1v) is 9.47. The lowest BCUT2D eigenvalue weighted by atomic mass is 9.80. The van der Waals surface area contributed by atoms with Gasteiger partial charge in [-0.15, -0.1) is 0 Å². The second-order valence-corrected chi connectivity index (χ2v) is 7.72. The number of hydrogen-bond acceptors (Lipinski definition) is 1. The molecule has 2 nitrogen and oxygen atoms in total. The summed E-state index contributed by atoms with van der Waals surface area (Å²) in [7, 11) is 0. The van der Waals surface area contributed by atoms with Gasteiger partial charge in [0.05, 0.1) is 5.69 Å². The monoisotopic (exact) mass is 306 g/mol. The molecule has 1 N–H and O–H groups in total. The minimum Gasteiger partial charge on any atom is -0.345 e. The van der Waals surface area contributed by atoms with Crippen molar-refractivity contribution in [1.82, 2.24) is 9.97 Å². The van der Waals surface area contributed by atoms with Crippen LogP contribution in [0.15, 0.2) is 0 Å². The number of hydrogen-bond donors (Lipinski definition) is 1. The van der Waals surface area contributed by atoms with Gasteiger partial charge in [0.25, 0.3) is 0 Å². The lowest BCUT2D eigenvalue weighted by Gasteiger charge is -2.25. The van der Waals surface area contributed by atoms with E-state index in [1.54, 1.807) is 0 Å². The van der Waals surface area contributed by atoms with Crippen LogP contribution in [0.25, 0.3) is 0 Å². The Balaban J connectivity index is 3.10. The van der Waals surface area contributed by atoms with Crippen LogP contribution in [0, 0.1) is 0 Å². The summed E-state index contributed by atoms with van der Waals surface area (Å²) in [6.45, 7) is 16.2. The molecule has 2 atom stereocenters. The Morgan fingerprint density at radius 1 is 1.00 bits per heavy atom. The molecule has 0 fully saturated rings. The van der Waals surface area contributed by atoms with Crippen LogP contribution in [-0.4, -0.2) is 9.97 Å². The van der Waals surface area contributed by atoms with Crippen LogP contribution in [-0.2, 0) is 5.41 Å². The molecule has 0 aliphatic heterocycles. The Hall–Kier alpha value is -0.790. The minimum absolute atomic E-state index is 0.175. The number of nitrogens with zero attached hydrogens (tertiary/aromatic N) is 1. The van der Waals surface area contributed by atoms with Crippen LogP contribution in [0.2, 0.25) is 0 Å². The molecular formula is C20H38N2. The van der Waals surface area contributed by atoms with Crippen LogP contribution < -0.4 is 0 Å². The maximum Gasteiger partial charge on any atom is 0.109 e. The van der Waals surface area contributed by atoms with E-state index < -0.39 is 0 Å². The molecule has 1 aromatic rings. The Labute approximate surface area is 138 Å². The summed E-state index contributed by atoms with van der Waals surface area (Å²) in [6, 6.07) is 0. The van der Waals surface area contributed by atoms with Crippen molar-refractivity contribution >= 4 is 0 Å². The summed E-state index contributed by atoms with van der Waals surface area (Å²) >= 11 is 0. The molecule has 1 rings (SSSR count). The van der Waals surface area contributed by atoms with E-state index in [1.165, 1.54) is 55.7 Å². The van der Waals surface area contributed by atoms with Crippen molar-refractivity contribution in [2.45, 2.75) is 111 Å². The number of nitrogens with one attached hydrogen (secondary N) is 1. The Morgan fingerprint density at radius 3 is 2.23 bits per heavy atom. The smallest absolute Gasteiger partial charge is 0.109 e. The number of unbranched alkanes of at least 4 members (excludes halogenated alkanes) is 2. The van der Waals surface area contributed by atoms with Crippen LogP contribution in [0.5, 0.6) is 0 Å². The van der Waals surface area contributed by atoms with Crippen molar-refractivity contribution in [3.63, 3.8) is 0 Å². The van der Waals surface area contributed by atoms with Crippen LogP contribution in [0.3, 0.4) is 0 Å². The van der Waals surface area contributed by atoms with Gasteiger partial charge in [-0.1, -0.05) is 74.1 Å². The molecule has 0 saturated carbocycles.